The van der Waals surface area contributed by atoms with Gasteiger partial charge in [-0.3, -0.25) is 4.79 Å². The summed E-state index contributed by atoms with van der Waals surface area (Å²) in [5.74, 6) is -0.0584. The largest absolute Gasteiger partial charge is 0.373 e. The van der Waals surface area contributed by atoms with E-state index in [0.29, 0.717) is 11.6 Å². The number of halogens is 1. The zero-order valence-electron chi connectivity index (χ0n) is 10.7. The lowest BCUT2D eigenvalue weighted by Gasteiger charge is -2.26. The van der Waals surface area contributed by atoms with Gasteiger partial charge in [0.15, 0.2) is 0 Å². The minimum Gasteiger partial charge on any atom is -0.373 e. The van der Waals surface area contributed by atoms with Gasteiger partial charge in [0.25, 0.3) is 0 Å². The summed E-state index contributed by atoms with van der Waals surface area (Å²) < 4.78 is 0. The Balaban J connectivity index is 2.59. The summed E-state index contributed by atoms with van der Waals surface area (Å²) in [6.45, 7) is 3.57. The Kier molecular flexibility index (Phi) is 3.78. The van der Waals surface area contributed by atoms with Crippen LogP contribution in [0, 0.1) is 6.92 Å². The second-order valence-electron chi connectivity index (χ2n) is 4.56. The van der Waals surface area contributed by atoms with Gasteiger partial charge in [-0.05, 0) is 31.0 Å². The Morgan fingerprint density at radius 1 is 1.44 bits per heavy atom. The fourth-order valence-electron chi connectivity index (χ4n) is 2.37. The number of anilines is 2. The number of nitrogens with two attached hydrogens (primary N) is 1. The van der Waals surface area contributed by atoms with Crippen LogP contribution in [0.3, 0.4) is 0 Å². The second-order valence-corrected chi connectivity index (χ2v) is 4.97. The summed E-state index contributed by atoms with van der Waals surface area (Å²) >= 11 is 6.17. The predicted octanol–water partition coefficient (Wildman–Crippen LogP) is 1.78. The minimum absolute atomic E-state index is 0.0229. The molecule has 2 N–H and O–H groups in total. The molecule has 1 aliphatic rings. The molecular weight excluding hydrogens is 250 g/mol. The summed E-state index contributed by atoms with van der Waals surface area (Å²) in [7, 11) is 2.03. The molecule has 4 nitrogen and oxygen atoms in total. The van der Waals surface area contributed by atoms with Gasteiger partial charge in [-0.25, -0.2) is 0 Å². The smallest absolute Gasteiger partial charge is 0.240 e. The van der Waals surface area contributed by atoms with Crippen molar-refractivity contribution in [3.63, 3.8) is 0 Å². The van der Waals surface area contributed by atoms with Gasteiger partial charge in [0.2, 0.25) is 5.91 Å². The zero-order valence-corrected chi connectivity index (χ0v) is 11.5. The minimum atomic E-state index is -0.0584. The van der Waals surface area contributed by atoms with Crippen molar-refractivity contribution in [3.8, 4) is 0 Å². The molecule has 0 radical (unpaired) electrons. The molecule has 0 aromatic heterocycles. The maximum absolute atomic E-state index is 12.0. The fraction of sp³-hybridized carbons (Fsp3) is 0.462. The van der Waals surface area contributed by atoms with Crippen molar-refractivity contribution in [2.75, 3.05) is 36.5 Å². The summed E-state index contributed by atoms with van der Waals surface area (Å²) in [4.78, 5) is 15.9. The molecule has 0 unspecified atom stereocenters. The average molecular weight is 268 g/mol. The van der Waals surface area contributed by atoms with E-state index in [4.69, 9.17) is 17.3 Å². The molecule has 18 heavy (non-hydrogen) atoms. The molecule has 0 atom stereocenters. The van der Waals surface area contributed by atoms with E-state index in [2.05, 4.69) is 4.90 Å². The summed E-state index contributed by atoms with van der Waals surface area (Å²) in [5.41, 5.74) is 8.37. The Bertz CT molecular complexity index is 476. The first-order valence-electron chi connectivity index (χ1n) is 6.07. The van der Waals surface area contributed by atoms with Crippen molar-refractivity contribution in [1.29, 1.82) is 0 Å². The van der Waals surface area contributed by atoms with Crippen LogP contribution in [0.5, 0.6) is 0 Å². The van der Waals surface area contributed by atoms with Crippen molar-refractivity contribution in [1.82, 2.24) is 0 Å². The van der Waals surface area contributed by atoms with Crippen LogP contribution in [0.4, 0.5) is 11.4 Å². The molecule has 2 rings (SSSR count). The fourth-order valence-corrected chi connectivity index (χ4v) is 2.52. The third-order valence-corrected chi connectivity index (χ3v) is 3.79. The van der Waals surface area contributed by atoms with Crippen molar-refractivity contribution in [2.45, 2.75) is 13.3 Å². The molecule has 0 aliphatic carbocycles. The van der Waals surface area contributed by atoms with E-state index >= 15 is 0 Å². The molecule has 0 saturated heterocycles. The number of carbonyl (C=O) groups is 1. The average Bonchev–Trinajstić information content (AvgIpc) is 2.53. The number of benzene rings is 1. The Morgan fingerprint density at radius 2 is 2.17 bits per heavy atom. The first-order chi connectivity index (χ1) is 8.56. The van der Waals surface area contributed by atoms with E-state index in [0.717, 1.165) is 29.9 Å². The summed E-state index contributed by atoms with van der Waals surface area (Å²) in [5, 5.41) is 0.680. The lowest BCUT2D eigenvalue weighted by Crippen LogP contribution is -2.37. The van der Waals surface area contributed by atoms with Gasteiger partial charge >= 0.3 is 0 Å². The Hall–Kier alpha value is -1.26. The van der Waals surface area contributed by atoms with Crippen molar-refractivity contribution in [3.05, 3.63) is 22.7 Å². The monoisotopic (exact) mass is 267 g/mol. The van der Waals surface area contributed by atoms with Gasteiger partial charge in [0, 0.05) is 25.2 Å². The van der Waals surface area contributed by atoms with Gasteiger partial charge in [-0.1, -0.05) is 11.6 Å². The van der Waals surface area contributed by atoms with Crippen LogP contribution in [0.15, 0.2) is 12.1 Å². The quantitative estimate of drug-likeness (QED) is 0.844. The van der Waals surface area contributed by atoms with Crippen molar-refractivity contribution in [2.24, 2.45) is 5.73 Å². The molecule has 5 heteroatoms. The van der Waals surface area contributed by atoms with Crippen LogP contribution < -0.4 is 15.5 Å². The number of fused-ring (bicyclic) bond motifs is 1. The molecule has 1 amide bonds. The highest BCUT2D eigenvalue weighted by molar-refractivity contribution is 6.32. The van der Waals surface area contributed by atoms with E-state index in [9.17, 15) is 4.79 Å². The lowest BCUT2D eigenvalue weighted by molar-refractivity contribution is -0.117. The topological polar surface area (TPSA) is 49.6 Å². The summed E-state index contributed by atoms with van der Waals surface area (Å²) in [6.07, 6.45) is 0.925. The number of rotatable bonds is 1. The molecule has 1 aromatic rings. The normalized spacial score (nSPS) is 15.3. The van der Waals surface area contributed by atoms with Crippen LogP contribution in [0.25, 0.3) is 0 Å². The number of hydrogen-bond acceptors (Lipinski definition) is 3. The highest BCUT2D eigenvalue weighted by atomic mass is 35.5. The summed E-state index contributed by atoms with van der Waals surface area (Å²) in [6, 6.07) is 3.84. The van der Waals surface area contributed by atoms with Crippen LogP contribution in [0.1, 0.15) is 12.0 Å². The first kappa shape index (κ1) is 13.2. The second kappa shape index (κ2) is 5.16. The molecule has 0 fully saturated rings. The highest BCUT2D eigenvalue weighted by Gasteiger charge is 2.25. The number of amides is 1. The molecule has 1 heterocycles. The SMILES string of the molecule is Cc1c(Cl)ccc2c1N(C(=O)CN)CCCN2C. The molecule has 0 bridgehead atoms. The Labute approximate surface area is 112 Å². The zero-order chi connectivity index (χ0) is 13.3. The maximum Gasteiger partial charge on any atom is 0.240 e. The standard InChI is InChI=1S/C13H18ClN3O/c1-9-10(14)4-5-11-13(9)17(12(18)8-15)7-3-6-16(11)2/h4-5H,3,6-8,15H2,1-2H3. The Morgan fingerprint density at radius 3 is 2.83 bits per heavy atom. The molecule has 0 spiro atoms. The van der Waals surface area contributed by atoms with Crippen LogP contribution in [-0.2, 0) is 4.79 Å². The van der Waals surface area contributed by atoms with Gasteiger partial charge in [0.05, 0.1) is 17.9 Å². The third-order valence-electron chi connectivity index (χ3n) is 3.38. The van der Waals surface area contributed by atoms with Crippen LogP contribution >= 0.6 is 11.6 Å². The van der Waals surface area contributed by atoms with Crippen LogP contribution in [-0.4, -0.2) is 32.6 Å². The van der Waals surface area contributed by atoms with E-state index < -0.39 is 0 Å². The highest BCUT2D eigenvalue weighted by Crippen LogP contribution is 2.38. The van der Waals surface area contributed by atoms with E-state index in [1.54, 1.807) is 4.90 Å². The van der Waals surface area contributed by atoms with E-state index in [-0.39, 0.29) is 12.5 Å². The third kappa shape index (κ3) is 2.18. The number of hydrogen-bond donors (Lipinski definition) is 1. The van der Waals surface area contributed by atoms with Gasteiger partial charge in [-0.2, -0.15) is 0 Å². The van der Waals surface area contributed by atoms with Gasteiger partial charge in [-0.15, -0.1) is 0 Å². The van der Waals surface area contributed by atoms with Crippen LogP contribution in [0.2, 0.25) is 5.02 Å². The van der Waals surface area contributed by atoms with E-state index in [1.807, 2.05) is 26.1 Å². The number of carbonyl (C=O) groups excluding carboxylic acids is 1. The molecule has 0 saturated carbocycles. The number of nitrogens with zero attached hydrogens (tertiary/aromatic N) is 2. The van der Waals surface area contributed by atoms with Crippen molar-refractivity contribution >= 4 is 28.9 Å². The molecule has 98 valence electrons. The van der Waals surface area contributed by atoms with Crippen molar-refractivity contribution < 1.29 is 4.79 Å². The molecule has 1 aromatic carbocycles. The lowest BCUT2D eigenvalue weighted by atomic mass is 10.1. The molecular formula is C13H18ClN3O. The predicted molar refractivity (Wildman–Crippen MR) is 75.5 cm³/mol. The maximum atomic E-state index is 12.0. The van der Waals surface area contributed by atoms with Gasteiger partial charge < -0.3 is 15.5 Å². The first-order valence-corrected chi connectivity index (χ1v) is 6.44. The van der Waals surface area contributed by atoms with E-state index in [1.165, 1.54) is 0 Å². The molecule has 1 aliphatic heterocycles. The van der Waals surface area contributed by atoms with Gasteiger partial charge in [0.1, 0.15) is 0 Å².